The fourth-order valence-electron chi connectivity index (χ4n) is 1.95. The maximum atomic E-state index is 9.41. The first kappa shape index (κ1) is 14.2. The van der Waals surface area contributed by atoms with E-state index >= 15 is 0 Å². The minimum Gasteiger partial charge on any atom is -0.390 e. The van der Waals surface area contributed by atoms with Crippen LogP contribution in [0.1, 0.15) is 5.69 Å². The molecule has 1 N–H and O–H groups in total. The molecule has 0 radical (unpaired) electrons. The Morgan fingerprint density at radius 1 is 1.37 bits per heavy atom. The lowest BCUT2D eigenvalue weighted by molar-refractivity contribution is 0.0850. The molecule has 0 aromatic carbocycles. The summed E-state index contributed by atoms with van der Waals surface area (Å²) in [5, 5.41) is 10.4. The van der Waals surface area contributed by atoms with Gasteiger partial charge in [0.15, 0.2) is 0 Å². The van der Waals surface area contributed by atoms with Gasteiger partial charge in [-0.15, -0.1) is 0 Å². The van der Waals surface area contributed by atoms with Gasteiger partial charge < -0.3 is 14.4 Å². The molecular weight excluding hydrogens is 256 g/mol. The normalized spacial score (nSPS) is 12.2. The highest BCUT2D eigenvalue weighted by Crippen LogP contribution is 2.18. The molecule has 0 amide bonds. The molecule has 0 saturated heterocycles. The Bertz CT molecular complexity index is 546. The zero-order valence-electron chi connectivity index (χ0n) is 11.9. The number of aliphatic hydroxyl groups excluding tert-OH is 1. The number of rotatable bonds is 6. The van der Waals surface area contributed by atoms with Crippen molar-refractivity contribution in [1.29, 1.82) is 0 Å². The smallest absolute Gasteiger partial charge is 0.142 e. The molecule has 2 aromatic rings. The highest BCUT2D eigenvalue weighted by atomic mass is 28.3. The van der Waals surface area contributed by atoms with Crippen LogP contribution in [0.15, 0.2) is 24.4 Å². The molecule has 0 bridgehead atoms. The van der Waals surface area contributed by atoms with Crippen LogP contribution in [-0.4, -0.2) is 29.3 Å². The number of hydrogen-bond acceptors (Lipinski definition) is 3. The van der Waals surface area contributed by atoms with Gasteiger partial charge in [-0.3, -0.25) is 0 Å². The minimum absolute atomic E-state index is 0.00768. The number of nitrogens with zero attached hydrogens (tertiary/aromatic N) is 2. The first-order valence-corrected chi connectivity index (χ1v) is 10.3. The number of hydrogen-bond donors (Lipinski definition) is 1. The van der Waals surface area contributed by atoms with E-state index in [2.05, 4.69) is 24.6 Å². The highest BCUT2D eigenvalue weighted by Gasteiger charge is 2.13. The second kappa shape index (κ2) is 5.86. The van der Waals surface area contributed by atoms with Crippen molar-refractivity contribution in [3.8, 4) is 0 Å². The van der Waals surface area contributed by atoms with Crippen LogP contribution >= 0.6 is 0 Å². The SMILES string of the molecule is C[Si](C)(C)CCOCn1c(CO)cc2cccnc21. The molecule has 0 aliphatic carbocycles. The Kier molecular flexibility index (Phi) is 4.39. The molecule has 19 heavy (non-hydrogen) atoms. The van der Waals surface area contributed by atoms with Gasteiger partial charge in [0.2, 0.25) is 0 Å². The van der Waals surface area contributed by atoms with E-state index in [1.807, 2.05) is 22.8 Å². The van der Waals surface area contributed by atoms with Crippen molar-refractivity contribution >= 4 is 19.1 Å². The minimum atomic E-state index is -1.05. The summed E-state index contributed by atoms with van der Waals surface area (Å²) in [5.74, 6) is 0. The zero-order valence-corrected chi connectivity index (χ0v) is 12.9. The number of ether oxygens (including phenoxy) is 1. The predicted molar refractivity (Wildman–Crippen MR) is 79.8 cm³/mol. The largest absolute Gasteiger partial charge is 0.390 e. The van der Waals surface area contributed by atoms with Crippen LogP contribution in [0.4, 0.5) is 0 Å². The van der Waals surface area contributed by atoms with Crippen LogP contribution in [-0.2, 0) is 18.1 Å². The van der Waals surface area contributed by atoms with E-state index in [0.29, 0.717) is 6.73 Å². The van der Waals surface area contributed by atoms with Gasteiger partial charge >= 0.3 is 0 Å². The Hall–Kier alpha value is -1.17. The molecule has 0 atom stereocenters. The number of aliphatic hydroxyl groups is 1. The van der Waals surface area contributed by atoms with Crippen molar-refractivity contribution in [2.45, 2.75) is 39.0 Å². The molecule has 4 nitrogen and oxygen atoms in total. The average Bonchev–Trinajstić information content (AvgIpc) is 2.71. The van der Waals surface area contributed by atoms with E-state index in [0.717, 1.165) is 29.4 Å². The first-order chi connectivity index (χ1) is 9.01. The Balaban J connectivity index is 2.07. The summed E-state index contributed by atoms with van der Waals surface area (Å²) in [6.07, 6.45) is 1.77. The van der Waals surface area contributed by atoms with Crippen LogP contribution in [0.3, 0.4) is 0 Å². The third-order valence-electron chi connectivity index (χ3n) is 3.12. The van der Waals surface area contributed by atoms with Crippen molar-refractivity contribution < 1.29 is 9.84 Å². The second-order valence-corrected chi connectivity index (χ2v) is 11.6. The lowest BCUT2D eigenvalue weighted by Crippen LogP contribution is -2.22. The fourth-order valence-corrected chi connectivity index (χ4v) is 2.71. The van der Waals surface area contributed by atoms with Crippen molar-refractivity contribution in [3.05, 3.63) is 30.1 Å². The summed E-state index contributed by atoms with van der Waals surface area (Å²) in [6.45, 7) is 8.24. The van der Waals surface area contributed by atoms with Gasteiger partial charge in [-0.2, -0.15) is 0 Å². The topological polar surface area (TPSA) is 47.3 Å². The van der Waals surface area contributed by atoms with Crippen molar-refractivity contribution in [2.24, 2.45) is 0 Å². The van der Waals surface area contributed by atoms with Crippen LogP contribution in [0.2, 0.25) is 25.7 Å². The monoisotopic (exact) mass is 278 g/mol. The first-order valence-electron chi connectivity index (χ1n) is 6.63. The Morgan fingerprint density at radius 3 is 2.84 bits per heavy atom. The molecule has 2 rings (SSSR count). The van der Waals surface area contributed by atoms with Gasteiger partial charge in [0.25, 0.3) is 0 Å². The molecule has 5 heteroatoms. The van der Waals surface area contributed by atoms with E-state index in [4.69, 9.17) is 4.74 Å². The maximum absolute atomic E-state index is 9.41. The summed E-state index contributed by atoms with van der Waals surface area (Å²) >= 11 is 0. The maximum Gasteiger partial charge on any atom is 0.142 e. The van der Waals surface area contributed by atoms with Gasteiger partial charge in [0, 0.05) is 32.0 Å². The predicted octanol–water partition coefficient (Wildman–Crippen LogP) is 2.84. The summed E-state index contributed by atoms with van der Waals surface area (Å²) in [5.41, 5.74) is 1.72. The summed E-state index contributed by atoms with van der Waals surface area (Å²) in [7, 11) is -1.05. The van der Waals surface area contributed by atoms with Gasteiger partial charge in [0.1, 0.15) is 12.4 Å². The molecular formula is C14H22N2O2Si. The van der Waals surface area contributed by atoms with Crippen LogP contribution in [0.5, 0.6) is 0 Å². The number of aromatic nitrogens is 2. The summed E-state index contributed by atoms with van der Waals surface area (Å²) in [4.78, 5) is 4.36. The van der Waals surface area contributed by atoms with Crippen LogP contribution in [0, 0.1) is 0 Å². The lowest BCUT2D eigenvalue weighted by Gasteiger charge is -2.16. The molecule has 2 heterocycles. The van der Waals surface area contributed by atoms with Gasteiger partial charge in [-0.1, -0.05) is 19.6 Å². The molecule has 0 aliphatic heterocycles. The highest BCUT2D eigenvalue weighted by molar-refractivity contribution is 6.76. The van der Waals surface area contributed by atoms with Gasteiger partial charge in [-0.25, -0.2) is 4.98 Å². The van der Waals surface area contributed by atoms with Crippen molar-refractivity contribution in [3.63, 3.8) is 0 Å². The Labute approximate surface area is 115 Å². The van der Waals surface area contributed by atoms with E-state index in [-0.39, 0.29) is 6.61 Å². The average molecular weight is 278 g/mol. The second-order valence-electron chi connectivity index (χ2n) is 5.99. The van der Waals surface area contributed by atoms with Crippen LogP contribution in [0.25, 0.3) is 11.0 Å². The van der Waals surface area contributed by atoms with E-state index < -0.39 is 8.07 Å². The van der Waals surface area contributed by atoms with E-state index in [1.165, 1.54) is 0 Å². The molecule has 104 valence electrons. The summed E-state index contributed by atoms with van der Waals surface area (Å²) < 4.78 is 7.70. The third-order valence-corrected chi connectivity index (χ3v) is 4.82. The van der Waals surface area contributed by atoms with Gasteiger partial charge in [-0.05, 0) is 24.2 Å². The molecule has 0 unspecified atom stereocenters. The molecule has 0 fully saturated rings. The Morgan fingerprint density at radius 2 is 2.16 bits per heavy atom. The number of pyridine rings is 1. The quantitative estimate of drug-likeness (QED) is 0.653. The molecule has 2 aromatic heterocycles. The number of fused-ring (bicyclic) bond motifs is 1. The molecule has 0 saturated carbocycles. The van der Waals surface area contributed by atoms with Gasteiger partial charge in [0.05, 0.1) is 6.61 Å². The van der Waals surface area contributed by atoms with E-state index in [9.17, 15) is 5.11 Å². The molecule has 0 spiro atoms. The lowest BCUT2D eigenvalue weighted by atomic mass is 10.3. The third kappa shape index (κ3) is 3.65. The van der Waals surface area contributed by atoms with E-state index in [1.54, 1.807) is 6.20 Å². The summed E-state index contributed by atoms with van der Waals surface area (Å²) in [6, 6.07) is 7.01. The fraction of sp³-hybridized carbons (Fsp3) is 0.500. The zero-order chi connectivity index (χ0) is 13.9. The molecule has 0 aliphatic rings. The van der Waals surface area contributed by atoms with Crippen LogP contribution < -0.4 is 0 Å². The standard InChI is InChI=1S/C14H22N2O2Si/c1-19(2,3)8-7-18-11-16-13(10-17)9-12-5-4-6-15-14(12)16/h4-6,9,17H,7-8,10-11H2,1-3H3. The van der Waals surface area contributed by atoms with Crippen molar-refractivity contribution in [1.82, 2.24) is 9.55 Å². The van der Waals surface area contributed by atoms with Crippen molar-refractivity contribution in [2.75, 3.05) is 6.61 Å².